The van der Waals surface area contributed by atoms with Crippen molar-refractivity contribution in [1.82, 2.24) is 9.97 Å². The van der Waals surface area contributed by atoms with Crippen LogP contribution in [-0.2, 0) is 6.18 Å². The fourth-order valence-electron chi connectivity index (χ4n) is 1.39. The van der Waals surface area contributed by atoms with Gasteiger partial charge in [-0.05, 0) is 40.8 Å². The second kappa shape index (κ2) is 5.38. The van der Waals surface area contributed by atoms with Crippen LogP contribution in [0, 0.1) is 9.39 Å². The fourth-order valence-corrected chi connectivity index (χ4v) is 2.00. The minimum Gasteiger partial charge on any atom is -0.384 e. The van der Waals surface area contributed by atoms with Crippen LogP contribution in [0.25, 0.3) is 0 Å². The van der Waals surface area contributed by atoms with Crippen LogP contribution >= 0.6 is 22.6 Å². The molecular formula is C11H7F4IN4. The number of anilines is 3. The molecule has 0 spiro atoms. The number of nitrogen functional groups attached to an aromatic ring is 1. The molecule has 1 aromatic carbocycles. The molecule has 0 atom stereocenters. The molecule has 0 unspecified atom stereocenters. The van der Waals surface area contributed by atoms with Crippen LogP contribution in [0.3, 0.4) is 0 Å². The Kier molecular flexibility index (Phi) is 3.97. The maximum atomic E-state index is 12.9. The molecule has 0 radical (unpaired) electrons. The van der Waals surface area contributed by atoms with Crippen LogP contribution in [-0.4, -0.2) is 9.97 Å². The Labute approximate surface area is 124 Å². The first-order valence-corrected chi connectivity index (χ1v) is 6.27. The quantitative estimate of drug-likeness (QED) is 0.600. The van der Waals surface area contributed by atoms with Crippen molar-refractivity contribution in [2.24, 2.45) is 0 Å². The zero-order valence-electron chi connectivity index (χ0n) is 9.67. The normalized spacial score (nSPS) is 11.4. The number of hydrogen-bond acceptors (Lipinski definition) is 4. The summed E-state index contributed by atoms with van der Waals surface area (Å²) in [5.74, 6) is -2.21. The summed E-state index contributed by atoms with van der Waals surface area (Å²) < 4.78 is 51.1. The standard InChI is InChI=1S/C11H7F4IN4/c12-5-1-2-7(6(16)3-5)18-9-4-8(17)19-10(20-9)11(13,14)15/h1-4H,(H3,17,18,19,20). The summed E-state index contributed by atoms with van der Waals surface area (Å²) in [6, 6.07) is 4.97. The summed E-state index contributed by atoms with van der Waals surface area (Å²) in [5.41, 5.74) is 5.73. The summed E-state index contributed by atoms with van der Waals surface area (Å²) in [6.07, 6.45) is -4.69. The molecule has 1 heterocycles. The van der Waals surface area contributed by atoms with Gasteiger partial charge in [0.25, 0.3) is 0 Å². The number of nitrogens with one attached hydrogen (secondary N) is 1. The number of halogens is 5. The highest BCUT2D eigenvalue weighted by molar-refractivity contribution is 14.1. The van der Waals surface area contributed by atoms with Crippen LogP contribution < -0.4 is 11.1 Å². The van der Waals surface area contributed by atoms with Crippen LogP contribution in [0.5, 0.6) is 0 Å². The van der Waals surface area contributed by atoms with Crippen molar-refractivity contribution in [3.05, 3.63) is 39.5 Å². The minimum atomic E-state index is -4.69. The van der Waals surface area contributed by atoms with Crippen molar-refractivity contribution in [2.45, 2.75) is 6.18 Å². The molecule has 106 valence electrons. The monoisotopic (exact) mass is 398 g/mol. The Morgan fingerprint density at radius 3 is 2.45 bits per heavy atom. The average Bonchev–Trinajstić information content (AvgIpc) is 2.31. The maximum absolute atomic E-state index is 12.9. The van der Waals surface area contributed by atoms with Gasteiger partial charge in [0.05, 0.1) is 5.69 Å². The van der Waals surface area contributed by atoms with Gasteiger partial charge in [0.1, 0.15) is 17.5 Å². The molecule has 0 aliphatic carbocycles. The first kappa shape index (κ1) is 14.8. The number of nitrogens with two attached hydrogens (primary N) is 1. The zero-order valence-corrected chi connectivity index (χ0v) is 11.8. The Balaban J connectivity index is 2.36. The lowest BCUT2D eigenvalue weighted by Gasteiger charge is -2.11. The predicted molar refractivity (Wildman–Crippen MR) is 73.8 cm³/mol. The van der Waals surface area contributed by atoms with Gasteiger partial charge in [-0.15, -0.1) is 0 Å². The van der Waals surface area contributed by atoms with E-state index in [0.717, 1.165) is 6.07 Å². The number of rotatable bonds is 2. The first-order chi connectivity index (χ1) is 9.25. The van der Waals surface area contributed by atoms with Gasteiger partial charge in [0.2, 0.25) is 5.82 Å². The second-order valence-corrected chi connectivity index (χ2v) is 4.91. The summed E-state index contributed by atoms with van der Waals surface area (Å²) in [4.78, 5) is 6.46. The van der Waals surface area contributed by atoms with E-state index in [1.54, 1.807) is 0 Å². The minimum absolute atomic E-state index is 0.116. The van der Waals surface area contributed by atoms with Crippen molar-refractivity contribution in [3.8, 4) is 0 Å². The summed E-state index contributed by atoms with van der Waals surface area (Å²) in [5, 5.41) is 2.65. The van der Waals surface area contributed by atoms with Gasteiger partial charge < -0.3 is 11.1 Å². The molecule has 3 N–H and O–H groups in total. The number of benzene rings is 1. The lowest BCUT2D eigenvalue weighted by atomic mass is 10.3. The largest absolute Gasteiger partial charge is 0.451 e. The van der Waals surface area contributed by atoms with Gasteiger partial charge in [-0.3, -0.25) is 0 Å². The molecule has 0 bridgehead atoms. The number of hydrogen-bond donors (Lipinski definition) is 2. The van der Waals surface area contributed by atoms with E-state index in [2.05, 4.69) is 15.3 Å². The van der Waals surface area contributed by atoms with Crippen molar-refractivity contribution >= 4 is 39.9 Å². The van der Waals surface area contributed by atoms with Crippen LogP contribution in [0.1, 0.15) is 5.82 Å². The SMILES string of the molecule is Nc1cc(Nc2ccc(F)cc2I)nc(C(F)(F)F)n1. The third-order valence-electron chi connectivity index (χ3n) is 2.19. The Hall–Kier alpha value is -1.65. The summed E-state index contributed by atoms with van der Waals surface area (Å²) >= 11 is 1.85. The lowest BCUT2D eigenvalue weighted by molar-refractivity contribution is -0.144. The molecule has 20 heavy (non-hydrogen) atoms. The highest BCUT2D eigenvalue weighted by Crippen LogP contribution is 2.29. The van der Waals surface area contributed by atoms with Crippen LogP contribution in [0.15, 0.2) is 24.3 Å². The van der Waals surface area contributed by atoms with E-state index in [4.69, 9.17) is 5.73 Å². The maximum Gasteiger partial charge on any atom is 0.451 e. The molecule has 0 aliphatic rings. The Morgan fingerprint density at radius 1 is 1.15 bits per heavy atom. The highest BCUT2D eigenvalue weighted by atomic mass is 127. The van der Waals surface area contributed by atoms with E-state index in [1.165, 1.54) is 18.2 Å². The summed E-state index contributed by atoms with van der Waals surface area (Å²) in [6.45, 7) is 0. The number of nitrogens with zero attached hydrogens (tertiary/aromatic N) is 2. The van der Waals surface area contributed by atoms with Gasteiger partial charge in [-0.25, -0.2) is 14.4 Å². The molecule has 0 saturated heterocycles. The van der Waals surface area contributed by atoms with Gasteiger partial charge in [0.15, 0.2) is 0 Å². The van der Waals surface area contributed by atoms with E-state index < -0.39 is 17.8 Å². The van der Waals surface area contributed by atoms with Crippen molar-refractivity contribution in [1.29, 1.82) is 0 Å². The molecule has 4 nitrogen and oxygen atoms in total. The van der Waals surface area contributed by atoms with Gasteiger partial charge in [0, 0.05) is 9.64 Å². The first-order valence-electron chi connectivity index (χ1n) is 5.19. The second-order valence-electron chi connectivity index (χ2n) is 3.75. The highest BCUT2D eigenvalue weighted by Gasteiger charge is 2.35. The topological polar surface area (TPSA) is 63.8 Å². The molecular weight excluding hydrogens is 391 g/mol. The fraction of sp³-hybridized carbons (Fsp3) is 0.0909. The summed E-state index contributed by atoms with van der Waals surface area (Å²) in [7, 11) is 0. The molecule has 0 saturated carbocycles. The molecule has 2 aromatic rings. The molecule has 2 rings (SSSR count). The van der Waals surface area contributed by atoms with Crippen molar-refractivity contribution < 1.29 is 17.6 Å². The average molecular weight is 398 g/mol. The Morgan fingerprint density at radius 2 is 1.85 bits per heavy atom. The van der Waals surface area contributed by atoms with E-state index in [-0.39, 0.29) is 11.6 Å². The van der Waals surface area contributed by atoms with Crippen LogP contribution in [0.2, 0.25) is 0 Å². The van der Waals surface area contributed by atoms with E-state index >= 15 is 0 Å². The van der Waals surface area contributed by atoms with E-state index in [1.807, 2.05) is 22.6 Å². The van der Waals surface area contributed by atoms with E-state index in [0.29, 0.717) is 9.26 Å². The molecule has 9 heteroatoms. The van der Waals surface area contributed by atoms with Crippen molar-refractivity contribution in [2.75, 3.05) is 11.1 Å². The smallest absolute Gasteiger partial charge is 0.384 e. The number of aromatic nitrogens is 2. The molecule has 1 aromatic heterocycles. The zero-order chi connectivity index (χ0) is 14.9. The van der Waals surface area contributed by atoms with Crippen LogP contribution in [0.4, 0.5) is 34.9 Å². The van der Waals surface area contributed by atoms with E-state index in [9.17, 15) is 17.6 Å². The predicted octanol–water partition coefficient (Wildman–Crippen LogP) is 3.56. The third kappa shape index (κ3) is 3.46. The third-order valence-corrected chi connectivity index (χ3v) is 3.09. The lowest BCUT2D eigenvalue weighted by Crippen LogP contribution is -2.13. The molecule has 0 fully saturated rings. The van der Waals surface area contributed by atoms with Gasteiger partial charge in [-0.2, -0.15) is 13.2 Å². The van der Waals surface area contributed by atoms with Gasteiger partial charge in [-0.1, -0.05) is 0 Å². The Bertz CT molecular complexity index is 645. The molecule has 0 amide bonds. The van der Waals surface area contributed by atoms with Gasteiger partial charge >= 0.3 is 6.18 Å². The number of alkyl halides is 3. The van der Waals surface area contributed by atoms with Crippen molar-refractivity contribution in [3.63, 3.8) is 0 Å². The molecule has 0 aliphatic heterocycles.